The number of hydrogen-bond acceptors (Lipinski definition) is 2. The van der Waals surface area contributed by atoms with Crippen molar-refractivity contribution >= 4 is 0 Å². The first-order valence-electron chi connectivity index (χ1n) is 6.18. The Bertz CT molecular complexity index is 638. The number of rotatable bonds is 3. The Hall–Kier alpha value is -2.08. The van der Waals surface area contributed by atoms with Gasteiger partial charge in [-0.15, -0.1) is 0 Å². The lowest BCUT2D eigenvalue weighted by molar-refractivity contribution is -0.138. The molecule has 2 aromatic carbocycles. The zero-order chi connectivity index (χ0) is 15.6. The molecule has 0 saturated heterocycles. The molecule has 2 N–H and O–H groups in total. The van der Waals surface area contributed by atoms with Gasteiger partial charge in [-0.2, -0.15) is 13.2 Å². The minimum atomic E-state index is -4.56. The van der Waals surface area contributed by atoms with E-state index in [1.165, 1.54) is 43.3 Å². The largest absolute Gasteiger partial charge is 0.456 e. The van der Waals surface area contributed by atoms with Crippen molar-refractivity contribution in [3.05, 3.63) is 59.4 Å². The third-order valence-electron chi connectivity index (χ3n) is 2.88. The van der Waals surface area contributed by atoms with Gasteiger partial charge < -0.3 is 10.5 Å². The van der Waals surface area contributed by atoms with Crippen LogP contribution >= 0.6 is 0 Å². The second kappa shape index (κ2) is 5.73. The van der Waals surface area contributed by atoms with E-state index >= 15 is 0 Å². The lowest BCUT2D eigenvalue weighted by Gasteiger charge is -2.17. The van der Waals surface area contributed by atoms with Crippen molar-refractivity contribution in [3.63, 3.8) is 0 Å². The van der Waals surface area contributed by atoms with Gasteiger partial charge in [0.05, 0.1) is 5.56 Å². The van der Waals surface area contributed by atoms with Gasteiger partial charge >= 0.3 is 6.18 Å². The van der Waals surface area contributed by atoms with Crippen LogP contribution in [0.5, 0.6) is 11.5 Å². The Morgan fingerprint density at radius 2 is 1.62 bits per heavy atom. The van der Waals surface area contributed by atoms with Gasteiger partial charge in [0.1, 0.15) is 17.3 Å². The fourth-order valence-corrected chi connectivity index (χ4v) is 1.96. The van der Waals surface area contributed by atoms with Gasteiger partial charge in [0.2, 0.25) is 0 Å². The molecule has 0 aliphatic heterocycles. The molecule has 112 valence electrons. The maximum absolute atomic E-state index is 13.8. The van der Waals surface area contributed by atoms with Crippen molar-refractivity contribution < 1.29 is 22.3 Å². The Labute approximate surface area is 119 Å². The van der Waals surface area contributed by atoms with Gasteiger partial charge in [-0.05, 0) is 31.2 Å². The van der Waals surface area contributed by atoms with Crippen LogP contribution in [0.3, 0.4) is 0 Å². The van der Waals surface area contributed by atoms with E-state index in [0.29, 0.717) is 0 Å². The summed E-state index contributed by atoms with van der Waals surface area (Å²) in [7, 11) is 0. The number of hydrogen-bond donors (Lipinski definition) is 1. The summed E-state index contributed by atoms with van der Waals surface area (Å²) in [4.78, 5) is 0. The second-order valence-electron chi connectivity index (χ2n) is 4.54. The summed E-state index contributed by atoms with van der Waals surface area (Å²) in [6.07, 6.45) is -4.56. The van der Waals surface area contributed by atoms with Crippen LogP contribution in [0.1, 0.15) is 24.1 Å². The van der Waals surface area contributed by atoms with Gasteiger partial charge in [0.15, 0.2) is 0 Å². The average molecular weight is 299 g/mol. The van der Waals surface area contributed by atoms with Crippen molar-refractivity contribution in [2.45, 2.75) is 19.1 Å². The number of ether oxygens (including phenoxy) is 1. The minimum absolute atomic E-state index is 0.0262. The topological polar surface area (TPSA) is 35.2 Å². The van der Waals surface area contributed by atoms with Crippen molar-refractivity contribution in [3.8, 4) is 11.5 Å². The van der Waals surface area contributed by atoms with Crippen LogP contribution in [0.25, 0.3) is 0 Å². The summed E-state index contributed by atoms with van der Waals surface area (Å²) < 4.78 is 57.8. The SMILES string of the molecule is C[C@H](N)c1c(F)cccc1Oc1ccccc1C(F)(F)F. The smallest absolute Gasteiger partial charge is 0.419 e. The lowest BCUT2D eigenvalue weighted by Crippen LogP contribution is -2.11. The summed E-state index contributed by atoms with van der Waals surface area (Å²) in [5.41, 5.74) is 4.76. The summed E-state index contributed by atoms with van der Waals surface area (Å²) >= 11 is 0. The van der Waals surface area contributed by atoms with E-state index in [1.807, 2.05) is 0 Å². The van der Waals surface area contributed by atoms with Crippen molar-refractivity contribution in [1.29, 1.82) is 0 Å². The molecular weight excluding hydrogens is 286 g/mol. The van der Waals surface area contributed by atoms with E-state index < -0.39 is 29.3 Å². The van der Waals surface area contributed by atoms with Crippen molar-refractivity contribution in [2.24, 2.45) is 5.73 Å². The van der Waals surface area contributed by atoms with E-state index in [-0.39, 0.29) is 11.3 Å². The van der Waals surface area contributed by atoms with E-state index in [0.717, 1.165) is 6.07 Å². The van der Waals surface area contributed by atoms with Crippen LogP contribution < -0.4 is 10.5 Å². The number of halogens is 4. The average Bonchev–Trinajstić information content (AvgIpc) is 2.37. The molecule has 0 unspecified atom stereocenters. The molecular formula is C15H13F4NO. The molecule has 2 aromatic rings. The van der Waals surface area contributed by atoms with Gasteiger partial charge in [0, 0.05) is 11.6 Å². The van der Waals surface area contributed by atoms with Gasteiger partial charge in [-0.3, -0.25) is 0 Å². The van der Waals surface area contributed by atoms with Gasteiger partial charge in [0.25, 0.3) is 0 Å². The standard InChI is InChI=1S/C15H13F4NO/c1-9(20)14-11(16)6-4-8-13(14)21-12-7-3-2-5-10(12)15(17,18)19/h2-9H,20H2,1H3/t9-/m0/s1. The van der Waals surface area contributed by atoms with Crippen LogP contribution in [0.15, 0.2) is 42.5 Å². The zero-order valence-corrected chi connectivity index (χ0v) is 11.1. The first kappa shape index (κ1) is 15.3. The van der Waals surface area contributed by atoms with Crippen LogP contribution in [0.4, 0.5) is 17.6 Å². The molecule has 0 aliphatic carbocycles. The fourth-order valence-electron chi connectivity index (χ4n) is 1.96. The highest BCUT2D eigenvalue weighted by molar-refractivity contribution is 5.43. The first-order chi connectivity index (χ1) is 9.80. The number of benzene rings is 2. The highest BCUT2D eigenvalue weighted by atomic mass is 19.4. The maximum Gasteiger partial charge on any atom is 0.419 e. The molecule has 21 heavy (non-hydrogen) atoms. The third kappa shape index (κ3) is 3.33. The quantitative estimate of drug-likeness (QED) is 0.837. The summed E-state index contributed by atoms with van der Waals surface area (Å²) in [5, 5.41) is 0. The van der Waals surface area contributed by atoms with Crippen LogP contribution in [0.2, 0.25) is 0 Å². The van der Waals surface area contributed by atoms with Crippen LogP contribution in [-0.2, 0) is 6.18 Å². The summed E-state index contributed by atoms with van der Waals surface area (Å²) in [6.45, 7) is 1.53. The molecule has 0 aromatic heterocycles. The van der Waals surface area contributed by atoms with Crippen LogP contribution in [-0.4, -0.2) is 0 Å². The zero-order valence-electron chi connectivity index (χ0n) is 11.1. The molecule has 2 rings (SSSR count). The molecule has 2 nitrogen and oxygen atoms in total. The van der Waals surface area contributed by atoms with Crippen LogP contribution in [0, 0.1) is 5.82 Å². The summed E-state index contributed by atoms with van der Waals surface area (Å²) in [5.74, 6) is -1.04. The first-order valence-corrected chi connectivity index (χ1v) is 6.18. The molecule has 0 saturated carbocycles. The number of alkyl halides is 3. The Balaban J connectivity index is 2.47. The molecule has 0 amide bonds. The Kier molecular flexibility index (Phi) is 4.18. The molecule has 0 fully saturated rings. The monoisotopic (exact) mass is 299 g/mol. The van der Waals surface area contributed by atoms with Gasteiger partial charge in [-0.25, -0.2) is 4.39 Å². The van der Waals surface area contributed by atoms with E-state index in [2.05, 4.69) is 0 Å². The van der Waals surface area contributed by atoms with E-state index in [4.69, 9.17) is 10.5 Å². The molecule has 0 aliphatic rings. The predicted molar refractivity (Wildman–Crippen MR) is 70.5 cm³/mol. The van der Waals surface area contributed by atoms with E-state index in [1.54, 1.807) is 0 Å². The molecule has 0 heterocycles. The third-order valence-corrected chi connectivity index (χ3v) is 2.88. The summed E-state index contributed by atoms with van der Waals surface area (Å²) in [6, 6.07) is 7.96. The highest BCUT2D eigenvalue weighted by Crippen LogP contribution is 2.39. The molecule has 0 spiro atoms. The maximum atomic E-state index is 13.8. The number of para-hydroxylation sites is 1. The second-order valence-corrected chi connectivity index (χ2v) is 4.54. The lowest BCUT2D eigenvalue weighted by atomic mass is 10.1. The normalized spacial score (nSPS) is 13.0. The Morgan fingerprint density at radius 1 is 1.00 bits per heavy atom. The predicted octanol–water partition coefficient (Wildman–Crippen LogP) is 4.66. The molecule has 6 heteroatoms. The molecule has 0 bridgehead atoms. The highest BCUT2D eigenvalue weighted by Gasteiger charge is 2.34. The fraction of sp³-hybridized carbons (Fsp3) is 0.200. The van der Waals surface area contributed by atoms with Gasteiger partial charge in [-0.1, -0.05) is 18.2 Å². The molecule has 1 atom stereocenters. The van der Waals surface area contributed by atoms with Crippen molar-refractivity contribution in [1.82, 2.24) is 0 Å². The molecule has 0 radical (unpaired) electrons. The Morgan fingerprint density at radius 3 is 2.24 bits per heavy atom. The minimum Gasteiger partial charge on any atom is -0.456 e. The van der Waals surface area contributed by atoms with E-state index in [9.17, 15) is 17.6 Å². The number of nitrogens with two attached hydrogens (primary N) is 1. The van der Waals surface area contributed by atoms with Crippen molar-refractivity contribution in [2.75, 3.05) is 0 Å².